The fourth-order valence-electron chi connectivity index (χ4n) is 1.38. The van der Waals surface area contributed by atoms with Gasteiger partial charge < -0.3 is 10.0 Å². The second-order valence-electron chi connectivity index (χ2n) is 3.65. The number of nitrogens with zero attached hydrogens (tertiary/aromatic N) is 1. The van der Waals surface area contributed by atoms with Crippen molar-refractivity contribution in [2.75, 3.05) is 27.2 Å². The van der Waals surface area contributed by atoms with E-state index < -0.39 is 0 Å². The van der Waals surface area contributed by atoms with Crippen molar-refractivity contribution in [1.82, 2.24) is 4.90 Å². The van der Waals surface area contributed by atoms with E-state index in [1.807, 2.05) is 0 Å². The summed E-state index contributed by atoms with van der Waals surface area (Å²) >= 11 is 0. The standard InChI is InChI=1S/C7H15N.CH4O/c1-7(2)4-5-8(3)6-7;1-2/h4-6H2,1-3H3;2H,1H3. The monoisotopic (exact) mass is 145 g/mol. The summed E-state index contributed by atoms with van der Waals surface area (Å²) in [5.74, 6) is 0. The molecule has 0 amide bonds. The Morgan fingerprint density at radius 2 is 1.80 bits per heavy atom. The first-order valence-corrected chi connectivity index (χ1v) is 3.73. The van der Waals surface area contributed by atoms with Gasteiger partial charge >= 0.3 is 0 Å². The molecule has 0 aromatic carbocycles. The molecule has 2 heteroatoms. The molecule has 0 aromatic rings. The van der Waals surface area contributed by atoms with Gasteiger partial charge in [0.2, 0.25) is 0 Å². The van der Waals surface area contributed by atoms with Gasteiger partial charge in [-0.1, -0.05) is 13.8 Å². The van der Waals surface area contributed by atoms with Crippen LogP contribution in [0.25, 0.3) is 0 Å². The van der Waals surface area contributed by atoms with Crippen LogP contribution in [0, 0.1) is 5.41 Å². The van der Waals surface area contributed by atoms with Crippen molar-refractivity contribution in [2.24, 2.45) is 5.41 Å². The first-order chi connectivity index (χ1) is 4.60. The number of likely N-dealkylation sites (tertiary alicyclic amines) is 1. The van der Waals surface area contributed by atoms with Crippen LogP contribution in [0.4, 0.5) is 0 Å². The maximum atomic E-state index is 7.00. The van der Waals surface area contributed by atoms with Crippen LogP contribution >= 0.6 is 0 Å². The average Bonchev–Trinajstić information content (AvgIpc) is 2.15. The van der Waals surface area contributed by atoms with Crippen LogP contribution in [0.3, 0.4) is 0 Å². The van der Waals surface area contributed by atoms with Crippen molar-refractivity contribution in [1.29, 1.82) is 0 Å². The SMILES string of the molecule is CN1CCC(C)(C)C1.CO. The molecule has 1 rings (SSSR count). The molecule has 1 saturated heterocycles. The van der Waals surface area contributed by atoms with Gasteiger partial charge in [0.1, 0.15) is 0 Å². The number of aliphatic hydroxyl groups excluding tert-OH is 1. The first-order valence-electron chi connectivity index (χ1n) is 3.73. The zero-order valence-corrected chi connectivity index (χ0v) is 7.52. The van der Waals surface area contributed by atoms with E-state index in [0.717, 1.165) is 7.11 Å². The van der Waals surface area contributed by atoms with Gasteiger partial charge in [-0.15, -0.1) is 0 Å². The molecule has 62 valence electrons. The molecular formula is C8H19NO. The molecule has 2 nitrogen and oxygen atoms in total. The molecule has 1 heterocycles. The Bertz CT molecular complexity index is 91.3. The first kappa shape index (κ1) is 9.92. The van der Waals surface area contributed by atoms with Crippen LogP contribution in [-0.2, 0) is 0 Å². The zero-order chi connectivity index (χ0) is 8.20. The van der Waals surface area contributed by atoms with Gasteiger partial charge in [0.05, 0.1) is 0 Å². The lowest BCUT2D eigenvalue weighted by Crippen LogP contribution is -2.18. The van der Waals surface area contributed by atoms with E-state index in [-0.39, 0.29) is 0 Å². The second kappa shape index (κ2) is 3.94. The van der Waals surface area contributed by atoms with E-state index in [1.54, 1.807) is 0 Å². The molecule has 1 fully saturated rings. The van der Waals surface area contributed by atoms with Gasteiger partial charge in [0, 0.05) is 13.7 Å². The van der Waals surface area contributed by atoms with Crippen molar-refractivity contribution in [3.05, 3.63) is 0 Å². The average molecular weight is 145 g/mol. The molecule has 1 aliphatic rings. The Morgan fingerprint density at radius 1 is 1.30 bits per heavy atom. The molecule has 10 heavy (non-hydrogen) atoms. The van der Waals surface area contributed by atoms with E-state index in [9.17, 15) is 0 Å². The third-order valence-electron chi connectivity index (χ3n) is 1.87. The largest absolute Gasteiger partial charge is 0.400 e. The third-order valence-corrected chi connectivity index (χ3v) is 1.87. The summed E-state index contributed by atoms with van der Waals surface area (Å²) < 4.78 is 0. The van der Waals surface area contributed by atoms with E-state index in [2.05, 4.69) is 25.8 Å². The molecular weight excluding hydrogens is 126 g/mol. The minimum atomic E-state index is 0.592. The lowest BCUT2D eigenvalue weighted by Gasteiger charge is -2.15. The molecule has 1 aliphatic heterocycles. The van der Waals surface area contributed by atoms with Crippen molar-refractivity contribution < 1.29 is 5.11 Å². The number of hydrogen-bond donors (Lipinski definition) is 1. The highest BCUT2D eigenvalue weighted by atomic mass is 16.2. The van der Waals surface area contributed by atoms with Crippen molar-refractivity contribution in [2.45, 2.75) is 20.3 Å². The molecule has 0 aromatic heterocycles. The van der Waals surface area contributed by atoms with Gasteiger partial charge in [0.15, 0.2) is 0 Å². The van der Waals surface area contributed by atoms with Crippen LogP contribution in [0.15, 0.2) is 0 Å². The molecule has 1 N–H and O–H groups in total. The van der Waals surface area contributed by atoms with Crippen molar-refractivity contribution in [3.8, 4) is 0 Å². The second-order valence-corrected chi connectivity index (χ2v) is 3.65. The summed E-state index contributed by atoms with van der Waals surface area (Å²) in [5, 5.41) is 7.00. The molecule has 0 aliphatic carbocycles. The van der Waals surface area contributed by atoms with Crippen LogP contribution in [0.2, 0.25) is 0 Å². The summed E-state index contributed by atoms with van der Waals surface area (Å²) in [5.41, 5.74) is 0.592. The predicted molar refractivity (Wildman–Crippen MR) is 44.0 cm³/mol. The summed E-state index contributed by atoms with van der Waals surface area (Å²) in [6.07, 6.45) is 1.36. The Kier molecular flexibility index (Phi) is 3.91. The summed E-state index contributed by atoms with van der Waals surface area (Å²) in [6, 6.07) is 0. The Balaban J connectivity index is 0.000000371. The Morgan fingerprint density at radius 3 is 1.90 bits per heavy atom. The normalized spacial score (nSPS) is 23.7. The molecule has 0 radical (unpaired) electrons. The molecule has 0 unspecified atom stereocenters. The minimum Gasteiger partial charge on any atom is -0.400 e. The van der Waals surface area contributed by atoms with Crippen LogP contribution in [-0.4, -0.2) is 37.3 Å². The Hall–Kier alpha value is -0.0800. The van der Waals surface area contributed by atoms with Gasteiger partial charge in [-0.05, 0) is 25.4 Å². The highest BCUT2D eigenvalue weighted by Gasteiger charge is 2.26. The number of aliphatic hydroxyl groups is 1. The third kappa shape index (κ3) is 3.18. The van der Waals surface area contributed by atoms with Crippen molar-refractivity contribution in [3.63, 3.8) is 0 Å². The Labute approximate surface area is 63.8 Å². The predicted octanol–water partition coefficient (Wildman–Crippen LogP) is 0.957. The van der Waals surface area contributed by atoms with Gasteiger partial charge in [-0.2, -0.15) is 0 Å². The molecule has 0 spiro atoms. The van der Waals surface area contributed by atoms with Crippen LogP contribution in [0.5, 0.6) is 0 Å². The van der Waals surface area contributed by atoms with Gasteiger partial charge in [0.25, 0.3) is 0 Å². The maximum Gasteiger partial charge on any atom is 0.0319 e. The lowest BCUT2D eigenvalue weighted by molar-refractivity contribution is 0.336. The summed E-state index contributed by atoms with van der Waals surface area (Å²) in [6.45, 7) is 7.22. The van der Waals surface area contributed by atoms with Crippen molar-refractivity contribution >= 4 is 0 Å². The molecule has 0 bridgehead atoms. The van der Waals surface area contributed by atoms with Gasteiger partial charge in [-0.25, -0.2) is 0 Å². The van der Waals surface area contributed by atoms with Crippen LogP contribution in [0.1, 0.15) is 20.3 Å². The summed E-state index contributed by atoms with van der Waals surface area (Å²) in [4.78, 5) is 2.39. The van der Waals surface area contributed by atoms with E-state index in [4.69, 9.17) is 5.11 Å². The summed E-state index contributed by atoms with van der Waals surface area (Å²) in [7, 11) is 3.19. The number of rotatable bonds is 0. The smallest absolute Gasteiger partial charge is 0.0319 e. The fraction of sp³-hybridized carbons (Fsp3) is 1.00. The van der Waals surface area contributed by atoms with Gasteiger partial charge in [-0.3, -0.25) is 0 Å². The van der Waals surface area contributed by atoms with E-state index in [1.165, 1.54) is 19.5 Å². The molecule has 0 saturated carbocycles. The van der Waals surface area contributed by atoms with Crippen LogP contribution < -0.4 is 0 Å². The number of hydrogen-bond acceptors (Lipinski definition) is 2. The maximum absolute atomic E-state index is 7.00. The van der Waals surface area contributed by atoms with E-state index >= 15 is 0 Å². The minimum absolute atomic E-state index is 0.592. The highest BCUT2D eigenvalue weighted by Crippen LogP contribution is 2.26. The quantitative estimate of drug-likeness (QED) is 0.548. The topological polar surface area (TPSA) is 23.5 Å². The fourth-order valence-corrected chi connectivity index (χ4v) is 1.38. The zero-order valence-electron chi connectivity index (χ0n) is 7.52. The lowest BCUT2D eigenvalue weighted by atomic mass is 9.93. The molecule has 0 atom stereocenters. The van der Waals surface area contributed by atoms with E-state index in [0.29, 0.717) is 5.41 Å². The highest BCUT2D eigenvalue weighted by molar-refractivity contribution is 4.79.